The molecule has 1 aliphatic heterocycles. The van der Waals surface area contributed by atoms with Crippen molar-refractivity contribution in [2.75, 3.05) is 25.5 Å². The summed E-state index contributed by atoms with van der Waals surface area (Å²) >= 11 is 5.38. The first-order chi connectivity index (χ1) is 6.74. The lowest BCUT2D eigenvalue weighted by molar-refractivity contribution is -0.131. The van der Waals surface area contributed by atoms with Crippen molar-refractivity contribution in [3.05, 3.63) is 0 Å². The van der Waals surface area contributed by atoms with Gasteiger partial charge >= 0.3 is 0 Å². The van der Waals surface area contributed by atoms with Crippen molar-refractivity contribution in [1.29, 1.82) is 0 Å². The first-order valence-corrected chi connectivity index (χ1v) is 5.38. The Hall–Kier alpha value is -0.770. The third kappa shape index (κ3) is 3.54. The van der Waals surface area contributed by atoms with E-state index in [4.69, 9.17) is 11.6 Å². The first kappa shape index (κ1) is 11.3. The molecule has 80 valence electrons. The van der Waals surface area contributed by atoms with Crippen LogP contribution in [0.1, 0.15) is 19.3 Å². The van der Waals surface area contributed by atoms with Gasteiger partial charge < -0.3 is 10.2 Å². The van der Waals surface area contributed by atoms with Gasteiger partial charge in [-0.15, -0.1) is 11.6 Å². The van der Waals surface area contributed by atoms with E-state index in [1.807, 2.05) is 0 Å². The summed E-state index contributed by atoms with van der Waals surface area (Å²) in [5, 5.41) is 2.55. The number of alkyl halides is 1. The third-order valence-corrected chi connectivity index (χ3v) is 2.41. The molecule has 0 atom stereocenters. The SMILES string of the molecule is O=C(CCCl)NCC(=O)N1CCCC1. The summed E-state index contributed by atoms with van der Waals surface area (Å²) in [7, 11) is 0. The fraction of sp³-hybridized carbons (Fsp3) is 0.778. The number of carbonyl (C=O) groups is 2. The van der Waals surface area contributed by atoms with Gasteiger partial charge in [0.15, 0.2) is 0 Å². The van der Waals surface area contributed by atoms with Crippen molar-refractivity contribution in [2.45, 2.75) is 19.3 Å². The fourth-order valence-corrected chi connectivity index (χ4v) is 1.60. The maximum Gasteiger partial charge on any atom is 0.241 e. The largest absolute Gasteiger partial charge is 0.347 e. The maximum atomic E-state index is 11.4. The Morgan fingerprint density at radius 1 is 1.29 bits per heavy atom. The summed E-state index contributed by atoms with van der Waals surface area (Å²) < 4.78 is 0. The highest BCUT2D eigenvalue weighted by Crippen LogP contribution is 2.06. The first-order valence-electron chi connectivity index (χ1n) is 4.84. The fourth-order valence-electron chi connectivity index (χ4n) is 1.43. The molecule has 0 saturated carbocycles. The predicted octanol–water partition coefficient (Wildman–Crippen LogP) is 0.354. The Labute approximate surface area is 88.6 Å². The van der Waals surface area contributed by atoms with Gasteiger partial charge in [0.2, 0.25) is 11.8 Å². The molecule has 1 N–H and O–H groups in total. The Kier molecular flexibility index (Phi) is 4.73. The van der Waals surface area contributed by atoms with Crippen LogP contribution in [0.15, 0.2) is 0 Å². The second-order valence-electron chi connectivity index (χ2n) is 3.30. The molecule has 0 bridgehead atoms. The van der Waals surface area contributed by atoms with E-state index in [1.165, 1.54) is 0 Å². The Morgan fingerprint density at radius 3 is 2.50 bits per heavy atom. The summed E-state index contributed by atoms with van der Waals surface area (Å²) in [4.78, 5) is 24.2. The minimum atomic E-state index is -0.160. The summed E-state index contributed by atoms with van der Waals surface area (Å²) in [6.07, 6.45) is 2.41. The van der Waals surface area contributed by atoms with E-state index in [-0.39, 0.29) is 24.8 Å². The number of likely N-dealkylation sites (tertiary alicyclic amines) is 1. The Balaban J connectivity index is 2.17. The van der Waals surface area contributed by atoms with Gasteiger partial charge in [0, 0.05) is 25.4 Å². The van der Waals surface area contributed by atoms with Crippen LogP contribution in [-0.2, 0) is 9.59 Å². The Morgan fingerprint density at radius 2 is 1.93 bits per heavy atom. The number of hydrogen-bond acceptors (Lipinski definition) is 2. The van der Waals surface area contributed by atoms with E-state index in [2.05, 4.69) is 5.32 Å². The lowest BCUT2D eigenvalue weighted by Gasteiger charge is -2.15. The topological polar surface area (TPSA) is 49.4 Å². The molecule has 5 heteroatoms. The van der Waals surface area contributed by atoms with E-state index >= 15 is 0 Å². The molecule has 0 aromatic carbocycles. The van der Waals surface area contributed by atoms with Crippen molar-refractivity contribution in [3.63, 3.8) is 0 Å². The lowest BCUT2D eigenvalue weighted by atomic mass is 10.4. The van der Waals surface area contributed by atoms with E-state index in [0.717, 1.165) is 25.9 Å². The summed E-state index contributed by atoms with van der Waals surface area (Å²) in [6.45, 7) is 1.75. The zero-order valence-electron chi connectivity index (χ0n) is 8.09. The zero-order chi connectivity index (χ0) is 10.4. The van der Waals surface area contributed by atoms with Crippen molar-refractivity contribution in [3.8, 4) is 0 Å². The van der Waals surface area contributed by atoms with E-state index in [0.29, 0.717) is 5.88 Å². The van der Waals surface area contributed by atoms with Crippen LogP contribution in [0.2, 0.25) is 0 Å². The van der Waals surface area contributed by atoms with Gasteiger partial charge in [-0.1, -0.05) is 0 Å². The van der Waals surface area contributed by atoms with Gasteiger partial charge in [-0.3, -0.25) is 9.59 Å². The average molecular weight is 219 g/mol. The maximum absolute atomic E-state index is 11.4. The highest BCUT2D eigenvalue weighted by molar-refractivity contribution is 6.18. The molecule has 1 aliphatic rings. The van der Waals surface area contributed by atoms with Crippen LogP contribution in [-0.4, -0.2) is 42.2 Å². The van der Waals surface area contributed by atoms with Crippen LogP contribution < -0.4 is 5.32 Å². The molecule has 0 aliphatic carbocycles. The molecule has 1 heterocycles. The van der Waals surface area contributed by atoms with Crippen LogP contribution in [0.25, 0.3) is 0 Å². The van der Waals surface area contributed by atoms with Crippen LogP contribution in [0.4, 0.5) is 0 Å². The monoisotopic (exact) mass is 218 g/mol. The molecule has 1 rings (SSSR count). The second kappa shape index (κ2) is 5.86. The highest BCUT2D eigenvalue weighted by Gasteiger charge is 2.17. The molecule has 4 nitrogen and oxygen atoms in total. The van der Waals surface area contributed by atoms with E-state index < -0.39 is 0 Å². The van der Waals surface area contributed by atoms with Crippen molar-refractivity contribution in [1.82, 2.24) is 10.2 Å². The highest BCUT2D eigenvalue weighted by atomic mass is 35.5. The molecule has 1 saturated heterocycles. The van der Waals surface area contributed by atoms with Crippen LogP contribution in [0.5, 0.6) is 0 Å². The third-order valence-electron chi connectivity index (χ3n) is 2.22. The number of nitrogens with one attached hydrogen (secondary N) is 1. The number of nitrogens with zero attached hydrogens (tertiary/aromatic N) is 1. The number of amides is 2. The molecule has 0 spiro atoms. The van der Waals surface area contributed by atoms with Gasteiger partial charge in [0.25, 0.3) is 0 Å². The van der Waals surface area contributed by atoms with Gasteiger partial charge in [-0.05, 0) is 12.8 Å². The van der Waals surface area contributed by atoms with Crippen molar-refractivity contribution >= 4 is 23.4 Å². The number of carbonyl (C=O) groups excluding carboxylic acids is 2. The lowest BCUT2D eigenvalue weighted by Crippen LogP contribution is -2.38. The summed E-state index contributed by atoms with van der Waals surface area (Å²) in [6, 6.07) is 0. The van der Waals surface area contributed by atoms with Gasteiger partial charge in [-0.2, -0.15) is 0 Å². The quantitative estimate of drug-likeness (QED) is 0.693. The Bertz CT molecular complexity index is 215. The smallest absolute Gasteiger partial charge is 0.241 e. The van der Waals surface area contributed by atoms with Gasteiger partial charge in [0.1, 0.15) is 0 Å². The van der Waals surface area contributed by atoms with E-state index in [9.17, 15) is 9.59 Å². The number of rotatable bonds is 4. The summed E-state index contributed by atoms with van der Waals surface area (Å²) in [5.41, 5.74) is 0. The van der Waals surface area contributed by atoms with Crippen LogP contribution in [0.3, 0.4) is 0 Å². The normalized spacial score (nSPS) is 15.6. The standard InChI is InChI=1S/C9H15ClN2O2/c10-4-3-8(13)11-7-9(14)12-5-1-2-6-12/h1-7H2,(H,11,13). The molecule has 14 heavy (non-hydrogen) atoms. The van der Waals surface area contributed by atoms with Crippen molar-refractivity contribution in [2.24, 2.45) is 0 Å². The second-order valence-corrected chi connectivity index (χ2v) is 3.68. The minimum Gasteiger partial charge on any atom is -0.347 e. The molecule has 2 amide bonds. The van der Waals surface area contributed by atoms with Gasteiger partial charge in [-0.25, -0.2) is 0 Å². The zero-order valence-corrected chi connectivity index (χ0v) is 8.85. The molecular formula is C9H15ClN2O2. The predicted molar refractivity (Wildman–Crippen MR) is 54.2 cm³/mol. The van der Waals surface area contributed by atoms with Crippen LogP contribution in [0, 0.1) is 0 Å². The molecule has 0 aromatic heterocycles. The van der Waals surface area contributed by atoms with Crippen molar-refractivity contribution < 1.29 is 9.59 Å². The van der Waals surface area contributed by atoms with Crippen LogP contribution >= 0.6 is 11.6 Å². The summed E-state index contributed by atoms with van der Waals surface area (Å²) in [5.74, 6) is 0.141. The molecule has 1 fully saturated rings. The average Bonchev–Trinajstić information content (AvgIpc) is 2.67. The number of halogens is 1. The van der Waals surface area contributed by atoms with Gasteiger partial charge in [0.05, 0.1) is 6.54 Å². The molecule has 0 radical (unpaired) electrons. The minimum absolute atomic E-state index is 0.00502. The molecule has 0 aromatic rings. The van der Waals surface area contributed by atoms with E-state index in [1.54, 1.807) is 4.90 Å². The molecular weight excluding hydrogens is 204 g/mol. The number of hydrogen-bond donors (Lipinski definition) is 1. The molecule has 0 unspecified atom stereocenters.